The lowest BCUT2D eigenvalue weighted by molar-refractivity contribution is -0.123. The van der Waals surface area contributed by atoms with E-state index in [0.29, 0.717) is 24.9 Å². The SMILES string of the molecule is CC1(C(N)=O)CN=C(NCCCN)N=C1Nc1cccc(-n2nccn2)c1. The van der Waals surface area contributed by atoms with Crippen molar-refractivity contribution < 1.29 is 4.79 Å². The minimum Gasteiger partial charge on any atom is -0.369 e. The van der Waals surface area contributed by atoms with E-state index in [1.165, 1.54) is 4.80 Å². The van der Waals surface area contributed by atoms with Crippen LogP contribution in [0, 0.1) is 5.41 Å². The summed E-state index contributed by atoms with van der Waals surface area (Å²) in [5, 5.41) is 14.6. The molecule has 0 saturated heterocycles. The van der Waals surface area contributed by atoms with Crippen molar-refractivity contribution in [3.05, 3.63) is 36.7 Å². The Labute approximate surface area is 156 Å². The summed E-state index contributed by atoms with van der Waals surface area (Å²) >= 11 is 0. The molecule has 2 aromatic rings. The molecule has 0 aliphatic carbocycles. The van der Waals surface area contributed by atoms with E-state index < -0.39 is 11.3 Å². The molecule has 6 N–H and O–H groups in total. The molecule has 10 heteroatoms. The molecular formula is C17H23N9O. The molecule has 142 valence electrons. The predicted molar refractivity (Wildman–Crippen MR) is 104 cm³/mol. The number of nitrogens with two attached hydrogens (primary N) is 2. The van der Waals surface area contributed by atoms with E-state index in [9.17, 15) is 4.79 Å². The first-order valence-corrected chi connectivity index (χ1v) is 8.64. The standard InChI is InChI=1S/C17H23N9O/c1-17(14(19)27)11-21-16(20-7-3-6-18)25-15(17)24-12-4-2-5-13(10-12)26-22-8-9-23-26/h2,4-5,8-10H,3,6-7,11,18H2,1H3,(H2,19,27)(H2,20,21,24,25). The van der Waals surface area contributed by atoms with Gasteiger partial charge in [-0.1, -0.05) is 6.07 Å². The van der Waals surface area contributed by atoms with Gasteiger partial charge in [-0.3, -0.25) is 4.79 Å². The molecule has 1 aliphatic heterocycles. The smallest absolute Gasteiger partial charge is 0.232 e. The first kappa shape index (κ1) is 18.5. The van der Waals surface area contributed by atoms with Crippen LogP contribution in [0.1, 0.15) is 13.3 Å². The van der Waals surface area contributed by atoms with Gasteiger partial charge in [0.05, 0.1) is 24.6 Å². The molecule has 1 aromatic heterocycles. The Balaban J connectivity index is 1.85. The second-order valence-electron chi connectivity index (χ2n) is 6.36. The van der Waals surface area contributed by atoms with Gasteiger partial charge in [0.1, 0.15) is 11.3 Å². The highest BCUT2D eigenvalue weighted by molar-refractivity contribution is 6.17. The fourth-order valence-corrected chi connectivity index (χ4v) is 2.52. The van der Waals surface area contributed by atoms with Crippen molar-refractivity contribution in [3.63, 3.8) is 0 Å². The molecule has 27 heavy (non-hydrogen) atoms. The molecule has 10 nitrogen and oxygen atoms in total. The zero-order valence-electron chi connectivity index (χ0n) is 15.1. The fraction of sp³-hybridized carbons (Fsp3) is 0.353. The van der Waals surface area contributed by atoms with Crippen LogP contribution in [-0.4, -0.2) is 52.3 Å². The van der Waals surface area contributed by atoms with Gasteiger partial charge >= 0.3 is 0 Å². The van der Waals surface area contributed by atoms with Crippen LogP contribution in [0.2, 0.25) is 0 Å². The van der Waals surface area contributed by atoms with E-state index >= 15 is 0 Å². The van der Waals surface area contributed by atoms with E-state index in [1.807, 2.05) is 24.3 Å². The number of carbonyl (C=O) groups excluding carboxylic acids is 1. The van der Waals surface area contributed by atoms with Crippen molar-refractivity contribution in [2.75, 3.05) is 25.0 Å². The van der Waals surface area contributed by atoms with Crippen molar-refractivity contribution >= 4 is 23.4 Å². The highest BCUT2D eigenvalue weighted by Crippen LogP contribution is 2.25. The Morgan fingerprint density at radius 1 is 1.33 bits per heavy atom. The Morgan fingerprint density at radius 3 is 2.81 bits per heavy atom. The normalized spacial score (nSPS) is 19.2. The van der Waals surface area contributed by atoms with Crippen LogP contribution in [0.4, 0.5) is 5.69 Å². The second kappa shape index (κ2) is 7.96. The number of amidine groups is 1. The van der Waals surface area contributed by atoms with Crippen LogP contribution < -0.4 is 22.1 Å². The number of primary amides is 1. The maximum absolute atomic E-state index is 12.1. The summed E-state index contributed by atoms with van der Waals surface area (Å²) in [5.41, 5.74) is 11.6. The van der Waals surface area contributed by atoms with Crippen molar-refractivity contribution in [3.8, 4) is 5.69 Å². The number of hydrogen-bond donors (Lipinski definition) is 4. The molecule has 3 rings (SSSR count). The lowest BCUT2D eigenvalue weighted by Crippen LogP contribution is -2.50. The van der Waals surface area contributed by atoms with Crippen LogP contribution in [0.3, 0.4) is 0 Å². The van der Waals surface area contributed by atoms with E-state index in [2.05, 4.69) is 30.8 Å². The summed E-state index contributed by atoms with van der Waals surface area (Å²) in [6.45, 7) is 3.15. The number of guanidine groups is 1. The van der Waals surface area contributed by atoms with Gasteiger partial charge in [0.25, 0.3) is 0 Å². The topological polar surface area (TPSA) is 149 Å². The van der Waals surface area contributed by atoms with Crippen molar-refractivity contribution in [1.29, 1.82) is 0 Å². The second-order valence-corrected chi connectivity index (χ2v) is 6.36. The van der Waals surface area contributed by atoms with Gasteiger partial charge < -0.3 is 22.1 Å². The number of aliphatic imine (C=N–C) groups is 2. The van der Waals surface area contributed by atoms with Crippen LogP contribution in [-0.2, 0) is 4.79 Å². The molecular weight excluding hydrogens is 346 g/mol. The minimum atomic E-state index is -1.03. The first-order chi connectivity index (χ1) is 13.0. The maximum atomic E-state index is 12.1. The maximum Gasteiger partial charge on any atom is 0.232 e. The molecule has 2 heterocycles. The number of anilines is 1. The molecule has 0 saturated carbocycles. The molecule has 0 bridgehead atoms. The summed E-state index contributed by atoms with van der Waals surface area (Å²) in [6.07, 6.45) is 4.00. The fourth-order valence-electron chi connectivity index (χ4n) is 2.52. The average molecular weight is 369 g/mol. The molecule has 1 atom stereocenters. The Morgan fingerprint density at radius 2 is 2.11 bits per heavy atom. The lowest BCUT2D eigenvalue weighted by Gasteiger charge is -2.30. The highest BCUT2D eigenvalue weighted by atomic mass is 16.1. The van der Waals surface area contributed by atoms with Gasteiger partial charge in [-0.05, 0) is 38.1 Å². The molecule has 0 fully saturated rings. The molecule has 1 aliphatic rings. The third-order valence-corrected chi connectivity index (χ3v) is 4.25. The quantitative estimate of drug-likeness (QED) is 0.522. The Bertz CT molecular complexity index is 859. The zero-order valence-corrected chi connectivity index (χ0v) is 15.1. The molecule has 1 amide bonds. The van der Waals surface area contributed by atoms with Gasteiger partial charge in [0.2, 0.25) is 11.9 Å². The largest absolute Gasteiger partial charge is 0.369 e. The number of benzene rings is 1. The highest BCUT2D eigenvalue weighted by Gasteiger charge is 2.40. The molecule has 0 radical (unpaired) electrons. The van der Waals surface area contributed by atoms with Crippen molar-refractivity contribution in [2.45, 2.75) is 13.3 Å². The predicted octanol–water partition coefficient (Wildman–Crippen LogP) is -0.123. The van der Waals surface area contributed by atoms with Gasteiger partial charge in [0.15, 0.2) is 0 Å². The van der Waals surface area contributed by atoms with Gasteiger partial charge in [0, 0.05) is 12.2 Å². The zero-order chi connectivity index (χ0) is 19.3. The van der Waals surface area contributed by atoms with Crippen LogP contribution in [0.5, 0.6) is 0 Å². The summed E-state index contributed by atoms with van der Waals surface area (Å²) in [7, 11) is 0. The number of hydrogen-bond acceptors (Lipinski definition) is 8. The average Bonchev–Trinajstić information content (AvgIpc) is 3.19. The number of nitrogens with one attached hydrogen (secondary N) is 2. The lowest BCUT2D eigenvalue weighted by atomic mass is 9.87. The number of carbonyl (C=O) groups is 1. The molecule has 1 aromatic carbocycles. The van der Waals surface area contributed by atoms with Gasteiger partial charge in [-0.15, -0.1) is 0 Å². The van der Waals surface area contributed by atoms with Gasteiger partial charge in [-0.2, -0.15) is 20.0 Å². The van der Waals surface area contributed by atoms with E-state index in [4.69, 9.17) is 11.5 Å². The summed E-state index contributed by atoms with van der Waals surface area (Å²) in [4.78, 5) is 22.4. The van der Waals surface area contributed by atoms with E-state index in [1.54, 1.807) is 19.3 Å². The van der Waals surface area contributed by atoms with Crippen molar-refractivity contribution in [1.82, 2.24) is 20.3 Å². The van der Waals surface area contributed by atoms with Gasteiger partial charge in [-0.25, -0.2) is 4.99 Å². The summed E-state index contributed by atoms with van der Waals surface area (Å²) in [5.74, 6) is 0.392. The first-order valence-electron chi connectivity index (χ1n) is 8.64. The molecule has 1 unspecified atom stereocenters. The third-order valence-electron chi connectivity index (χ3n) is 4.25. The third kappa shape index (κ3) is 4.11. The van der Waals surface area contributed by atoms with Crippen LogP contribution >= 0.6 is 0 Å². The Kier molecular flexibility index (Phi) is 5.46. The van der Waals surface area contributed by atoms with E-state index in [0.717, 1.165) is 17.8 Å². The van der Waals surface area contributed by atoms with Crippen LogP contribution in [0.25, 0.3) is 5.69 Å². The minimum absolute atomic E-state index is 0.208. The summed E-state index contributed by atoms with van der Waals surface area (Å²) in [6, 6.07) is 7.46. The number of aromatic nitrogens is 3. The Hall–Kier alpha value is -3.27. The number of rotatable bonds is 6. The van der Waals surface area contributed by atoms with Crippen LogP contribution in [0.15, 0.2) is 46.6 Å². The van der Waals surface area contributed by atoms with Crippen molar-refractivity contribution in [2.24, 2.45) is 26.9 Å². The summed E-state index contributed by atoms with van der Waals surface area (Å²) < 4.78 is 0. The number of nitrogens with zero attached hydrogens (tertiary/aromatic N) is 5. The molecule has 0 spiro atoms. The van der Waals surface area contributed by atoms with E-state index in [-0.39, 0.29) is 6.54 Å². The number of amides is 1. The monoisotopic (exact) mass is 369 g/mol.